The van der Waals surface area contributed by atoms with Gasteiger partial charge in [-0.3, -0.25) is 4.79 Å². The summed E-state index contributed by atoms with van der Waals surface area (Å²) in [7, 11) is -1.46. The summed E-state index contributed by atoms with van der Waals surface area (Å²) in [6.45, 7) is 2.29. The first kappa shape index (κ1) is 26.3. The second kappa shape index (κ2) is 11.5. The Kier molecular flexibility index (Phi) is 8.21. The first-order chi connectivity index (χ1) is 17.8. The highest BCUT2D eigenvalue weighted by molar-refractivity contribution is 7.74. The Hall–Kier alpha value is -3.75. The fourth-order valence-electron chi connectivity index (χ4n) is 4.42. The normalized spacial score (nSPS) is 11.9. The van der Waals surface area contributed by atoms with E-state index in [1.165, 1.54) is 4.31 Å². The minimum atomic E-state index is -3.01. The summed E-state index contributed by atoms with van der Waals surface area (Å²) in [5.41, 5.74) is 2.70. The number of hydrogen-bond donors (Lipinski definition) is 2. The second-order valence-corrected chi connectivity index (χ2v) is 9.91. The van der Waals surface area contributed by atoms with Crippen molar-refractivity contribution in [1.82, 2.24) is 0 Å². The molecule has 0 aromatic heterocycles. The Morgan fingerprint density at radius 3 is 2.19 bits per heavy atom. The van der Waals surface area contributed by atoms with Crippen LogP contribution in [-0.4, -0.2) is 32.6 Å². The molecule has 0 radical (unpaired) electrons. The molecule has 1 N–H and O–H groups in total. The van der Waals surface area contributed by atoms with E-state index in [1.54, 1.807) is 43.5 Å². The number of aliphatic carboxylic acids is 1. The number of carboxylic acids is 1. The number of ether oxygens (including phenoxy) is 1. The third kappa shape index (κ3) is 5.98. The molecule has 4 aromatic carbocycles. The van der Waals surface area contributed by atoms with Gasteiger partial charge in [-0.05, 0) is 61.0 Å². The van der Waals surface area contributed by atoms with Crippen LogP contribution < -0.4 is 13.9 Å². The molecular formula is C28H27ClN2O5S. The summed E-state index contributed by atoms with van der Waals surface area (Å²) in [5.74, 6) is -0.285. The molecule has 0 unspecified atom stereocenters. The van der Waals surface area contributed by atoms with E-state index in [4.69, 9.17) is 16.3 Å². The Morgan fingerprint density at radius 2 is 1.59 bits per heavy atom. The van der Waals surface area contributed by atoms with Crippen LogP contribution in [0.5, 0.6) is 5.75 Å². The van der Waals surface area contributed by atoms with Gasteiger partial charge in [0.15, 0.2) is 0 Å². The summed E-state index contributed by atoms with van der Waals surface area (Å²) in [6, 6.07) is 25.0. The molecule has 0 aliphatic carbocycles. The quantitative estimate of drug-likeness (QED) is 0.239. The van der Waals surface area contributed by atoms with Crippen LogP contribution in [0.15, 0.2) is 84.9 Å². The van der Waals surface area contributed by atoms with Crippen LogP contribution in [0.1, 0.15) is 18.9 Å². The first-order valence-electron chi connectivity index (χ1n) is 11.6. The van der Waals surface area contributed by atoms with Gasteiger partial charge in [-0.2, -0.15) is 0 Å². The van der Waals surface area contributed by atoms with Crippen LogP contribution in [-0.2, 0) is 22.2 Å². The highest BCUT2D eigenvalue weighted by atomic mass is 35.5. The Bertz CT molecular complexity index is 1480. The van der Waals surface area contributed by atoms with Gasteiger partial charge in [0, 0.05) is 34.1 Å². The number of hydrogen-bond acceptors (Lipinski definition) is 5. The highest BCUT2D eigenvalue weighted by Crippen LogP contribution is 2.39. The molecule has 0 bridgehead atoms. The van der Waals surface area contributed by atoms with Crippen molar-refractivity contribution in [2.45, 2.75) is 25.9 Å². The minimum Gasteiger partial charge on any atom is -0.497 e. The van der Waals surface area contributed by atoms with E-state index in [9.17, 15) is 18.3 Å². The van der Waals surface area contributed by atoms with E-state index in [2.05, 4.69) is 0 Å². The number of halogens is 1. The predicted octanol–water partition coefficient (Wildman–Crippen LogP) is 6.04. The number of fused-ring (bicyclic) bond motifs is 1. The standard InChI is InChI=1S/C28H27ClN2O5S/c1-19(16-28(32)33)30(18-20-6-5-7-21(29)17-20)26-14-15-27(25-9-4-3-8-24(25)26)31(37(34)35)22-10-12-23(36-2)13-11-22/h3-15,17,19,37H,16,18H2,1-2H3,(H,32,33)/t19-/m0/s1. The zero-order chi connectivity index (χ0) is 26.5. The van der Waals surface area contributed by atoms with Crippen LogP contribution >= 0.6 is 11.6 Å². The fraction of sp³-hybridized carbons (Fsp3) is 0.179. The van der Waals surface area contributed by atoms with E-state index in [0.717, 1.165) is 16.6 Å². The molecule has 7 nitrogen and oxygen atoms in total. The maximum atomic E-state index is 12.5. The molecule has 37 heavy (non-hydrogen) atoms. The molecule has 0 amide bonds. The number of benzene rings is 4. The molecule has 0 saturated heterocycles. The number of rotatable bonds is 10. The van der Waals surface area contributed by atoms with Gasteiger partial charge in [0.2, 0.25) is 10.9 Å². The Morgan fingerprint density at radius 1 is 0.946 bits per heavy atom. The van der Waals surface area contributed by atoms with E-state index in [0.29, 0.717) is 34.1 Å². The Balaban J connectivity index is 1.86. The van der Waals surface area contributed by atoms with E-state index < -0.39 is 16.9 Å². The van der Waals surface area contributed by atoms with Gasteiger partial charge in [0.25, 0.3) is 0 Å². The summed E-state index contributed by atoms with van der Waals surface area (Å²) >= 11 is 6.21. The number of thiol groups is 1. The molecular weight excluding hydrogens is 512 g/mol. The van der Waals surface area contributed by atoms with Crippen molar-refractivity contribution >= 4 is 56.3 Å². The van der Waals surface area contributed by atoms with Crippen molar-refractivity contribution in [2.24, 2.45) is 0 Å². The topological polar surface area (TPSA) is 87.2 Å². The number of carbonyl (C=O) groups is 1. The smallest absolute Gasteiger partial charge is 0.305 e. The van der Waals surface area contributed by atoms with E-state index in [-0.39, 0.29) is 12.5 Å². The summed E-state index contributed by atoms with van der Waals surface area (Å²) in [4.78, 5) is 13.6. The molecule has 192 valence electrons. The number of methoxy groups -OCH3 is 1. The number of nitrogens with zero attached hydrogens (tertiary/aromatic N) is 2. The first-order valence-corrected chi connectivity index (χ1v) is 13.1. The van der Waals surface area contributed by atoms with Crippen LogP contribution in [0.2, 0.25) is 5.02 Å². The lowest BCUT2D eigenvalue weighted by atomic mass is 10.0. The van der Waals surface area contributed by atoms with Crippen molar-refractivity contribution in [3.8, 4) is 5.75 Å². The lowest BCUT2D eigenvalue weighted by Crippen LogP contribution is -2.34. The zero-order valence-corrected chi connectivity index (χ0v) is 22.0. The summed E-state index contributed by atoms with van der Waals surface area (Å²) in [5, 5.41) is 11.6. The fourth-order valence-corrected chi connectivity index (χ4v) is 5.31. The molecule has 4 rings (SSSR count). The van der Waals surface area contributed by atoms with Crippen molar-refractivity contribution in [2.75, 3.05) is 16.3 Å². The minimum absolute atomic E-state index is 0.0684. The Labute approximate surface area is 222 Å². The molecule has 1 atom stereocenters. The molecule has 4 aromatic rings. The van der Waals surface area contributed by atoms with Gasteiger partial charge in [0.1, 0.15) is 5.75 Å². The lowest BCUT2D eigenvalue weighted by molar-refractivity contribution is -0.137. The molecule has 0 aliphatic rings. The molecule has 0 saturated carbocycles. The van der Waals surface area contributed by atoms with Gasteiger partial charge in [-0.1, -0.05) is 48.0 Å². The molecule has 0 spiro atoms. The predicted molar refractivity (Wildman–Crippen MR) is 149 cm³/mol. The maximum Gasteiger partial charge on any atom is 0.305 e. The second-order valence-electron chi connectivity index (χ2n) is 8.60. The van der Waals surface area contributed by atoms with Gasteiger partial charge in [-0.25, -0.2) is 12.7 Å². The maximum absolute atomic E-state index is 12.5. The average molecular weight is 539 g/mol. The van der Waals surface area contributed by atoms with Crippen LogP contribution in [0.3, 0.4) is 0 Å². The van der Waals surface area contributed by atoms with Gasteiger partial charge in [0.05, 0.1) is 24.9 Å². The third-order valence-electron chi connectivity index (χ3n) is 6.14. The van der Waals surface area contributed by atoms with Crippen LogP contribution in [0, 0.1) is 0 Å². The van der Waals surface area contributed by atoms with Crippen molar-refractivity contribution in [3.05, 3.63) is 95.5 Å². The van der Waals surface area contributed by atoms with E-state index >= 15 is 0 Å². The SMILES string of the molecule is COc1ccc(N(c2ccc(N(Cc3cccc(Cl)c3)[C@@H](C)CC(=O)O)c3ccccc23)[SH](=O)=O)cc1. The van der Waals surface area contributed by atoms with Crippen molar-refractivity contribution in [1.29, 1.82) is 0 Å². The van der Waals surface area contributed by atoms with Gasteiger partial charge in [-0.15, -0.1) is 0 Å². The summed E-state index contributed by atoms with van der Waals surface area (Å²) in [6.07, 6.45) is -0.0684. The van der Waals surface area contributed by atoms with Crippen molar-refractivity contribution < 1.29 is 23.1 Å². The number of anilines is 3. The van der Waals surface area contributed by atoms with E-state index in [1.807, 2.05) is 60.4 Å². The molecule has 9 heteroatoms. The van der Waals surface area contributed by atoms with Gasteiger partial charge < -0.3 is 14.7 Å². The molecule has 0 fully saturated rings. The summed E-state index contributed by atoms with van der Waals surface area (Å²) < 4.78 is 31.4. The van der Waals surface area contributed by atoms with Crippen LogP contribution in [0.25, 0.3) is 10.8 Å². The largest absolute Gasteiger partial charge is 0.497 e. The number of carboxylic acid groups (broad SMARTS) is 1. The lowest BCUT2D eigenvalue weighted by Gasteiger charge is -2.33. The van der Waals surface area contributed by atoms with Crippen molar-refractivity contribution in [3.63, 3.8) is 0 Å². The van der Waals surface area contributed by atoms with Gasteiger partial charge >= 0.3 is 5.97 Å². The monoisotopic (exact) mass is 538 g/mol. The zero-order valence-electron chi connectivity index (χ0n) is 20.4. The molecule has 0 aliphatic heterocycles. The third-order valence-corrected chi connectivity index (χ3v) is 7.15. The van der Waals surface area contributed by atoms with Crippen LogP contribution in [0.4, 0.5) is 17.1 Å². The average Bonchev–Trinajstić information content (AvgIpc) is 2.87. The highest BCUT2D eigenvalue weighted by Gasteiger charge is 2.23. The molecule has 0 heterocycles.